The Morgan fingerprint density at radius 1 is 1.17 bits per heavy atom. The van der Waals surface area contributed by atoms with Crippen molar-refractivity contribution in [3.05, 3.63) is 0 Å². The van der Waals surface area contributed by atoms with Gasteiger partial charge in [0.25, 0.3) is 0 Å². The molecule has 0 amide bonds. The van der Waals surface area contributed by atoms with Crippen molar-refractivity contribution in [2.24, 2.45) is 0 Å². The third-order valence-electron chi connectivity index (χ3n) is 0. The standard InChI is InChI=1S/C3H9OS.H2O/c1-5(2,3)4;/h1-3H3;1H2/q+1;/p-1. The molecule has 0 unspecified atom stereocenters. The minimum atomic E-state index is -1.42. The van der Waals surface area contributed by atoms with E-state index in [0.717, 1.165) is 0 Å². The molecule has 0 aliphatic rings. The zero-order valence-corrected chi connectivity index (χ0v) is 5.08. The van der Waals surface area contributed by atoms with Crippen LogP contribution in [0.2, 0.25) is 0 Å². The van der Waals surface area contributed by atoms with Gasteiger partial charge in [-0.1, -0.05) is 0 Å². The molecular formula is C3H10O2S. The molecule has 0 bridgehead atoms. The maximum atomic E-state index is 10.2. The van der Waals surface area contributed by atoms with Crippen LogP contribution in [0.25, 0.3) is 0 Å². The lowest BCUT2D eigenvalue weighted by atomic mass is 11.9. The van der Waals surface area contributed by atoms with Gasteiger partial charge in [0.05, 0.1) is 9.93 Å². The predicted octanol–water partition coefficient (Wildman–Crippen LogP) is 0.199. The van der Waals surface area contributed by atoms with Crippen LogP contribution >= 0.6 is 0 Å². The highest BCUT2D eigenvalue weighted by Gasteiger charge is 1.95. The third kappa shape index (κ3) is 3290. The molecule has 0 fully saturated rings. The number of hydrogen-bond acceptors (Lipinski definition) is 2. The Bertz CT molecular complexity index is 54.9. The van der Waals surface area contributed by atoms with Crippen LogP contribution in [0.3, 0.4) is 0 Å². The van der Waals surface area contributed by atoms with E-state index in [-0.39, 0.29) is 5.48 Å². The first-order valence-corrected chi connectivity index (χ1v) is 4.17. The molecule has 0 spiro atoms. The third-order valence-corrected chi connectivity index (χ3v) is 0. The summed E-state index contributed by atoms with van der Waals surface area (Å²) < 4.78 is 10.2. The average Bonchev–Trinajstić information content (AvgIpc) is 0.722. The zero-order chi connectivity index (χ0) is 4.50. The average molecular weight is 110 g/mol. The van der Waals surface area contributed by atoms with Crippen molar-refractivity contribution in [1.82, 2.24) is 0 Å². The van der Waals surface area contributed by atoms with Gasteiger partial charge in [0.1, 0.15) is 18.8 Å². The molecule has 0 aliphatic heterocycles. The van der Waals surface area contributed by atoms with Gasteiger partial charge in [0.15, 0.2) is 0 Å². The van der Waals surface area contributed by atoms with E-state index in [1.54, 1.807) is 18.8 Å². The Kier molecular flexibility index (Phi) is 3.64. The van der Waals surface area contributed by atoms with Crippen LogP contribution in [0.5, 0.6) is 0 Å². The Hall–Kier alpha value is 0.110. The zero-order valence-electron chi connectivity index (χ0n) is 4.26. The highest BCUT2D eigenvalue weighted by molar-refractivity contribution is 8.00. The minimum Gasteiger partial charge on any atom is -0.870 e. The lowest BCUT2D eigenvalue weighted by molar-refractivity contribution is 0.594. The summed E-state index contributed by atoms with van der Waals surface area (Å²) in [5, 5.41) is 0. The fraction of sp³-hybridized carbons (Fsp3) is 1.00. The minimum absolute atomic E-state index is 0. The molecule has 0 aromatic carbocycles. The van der Waals surface area contributed by atoms with Crippen molar-refractivity contribution in [1.29, 1.82) is 0 Å². The van der Waals surface area contributed by atoms with Gasteiger partial charge in [0, 0.05) is 0 Å². The van der Waals surface area contributed by atoms with E-state index in [2.05, 4.69) is 0 Å². The predicted molar refractivity (Wildman–Crippen MR) is 27.8 cm³/mol. The molecule has 0 rings (SSSR count). The van der Waals surface area contributed by atoms with Crippen LogP contribution in [-0.2, 0) is 14.1 Å². The second kappa shape index (κ2) is 2.31. The van der Waals surface area contributed by atoms with Gasteiger partial charge in [0.2, 0.25) is 0 Å². The molecule has 2 nitrogen and oxygen atoms in total. The summed E-state index contributed by atoms with van der Waals surface area (Å²) in [5.74, 6) is 0. The first-order chi connectivity index (χ1) is 2.00. The molecule has 3 heteroatoms. The highest BCUT2D eigenvalue weighted by Crippen LogP contribution is 1.78. The lowest BCUT2D eigenvalue weighted by Gasteiger charge is -1.80. The number of rotatable bonds is 0. The topological polar surface area (TPSA) is 47.1 Å². The highest BCUT2D eigenvalue weighted by atomic mass is 32.2. The molecule has 0 aromatic rings. The molecule has 40 valence electrons. The SMILES string of the molecule is C[S+](C)(C)=O.[OH-]. The molecule has 0 saturated heterocycles. The fourth-order valence-electron chi connectivity index (χ4n) is 0. The molecule has 0 radical (unpaired) electrons. The molecule has 1 N–H and O–H groups in total. The first kappa shape index (κ1) is 9.44. The van der Waals surface area contributed by atoms with Crippen molar-refractivity contribution < 1.29 is 9.69 Å². The molecule has 6 heavy (non-hydrogen) atoms. The smallest absolute Gasteiger partial charge is 0.101 e. The van der Waals surface area contributed by atoms with E-state index in [1.165, 1.54) is 0 Å². The second-order valence-electron chi connectivity index (χ2n) is 1.72. The monoisotopic (exact) mass is 110 g/mol. The largest absolute Gasteiger partial charge is 0.870 e. The normalized spacial score (nSPS) is 9.83. The van der Waals surface area contributed by atoms with Crippen LogP contribution in [0.1, 0.15) is 0 Å². The Labute approximate surface area is 39.3 Å². The molecule has 0 atom stereocenters. The van der Waals surface area contributed by atoms with Gasteiger partial charge in [-0.05, 0) is 0 Å². The summed E-state index contributed by atoms with van der Waals surface area (Å²) in [6.07, 6.45) is 5.15. The van der Waals surface area contributed by atoms with E-state index in [4.69, 9.17) is 0 Å². The van der Waals surface area contributed by atoms with Crippen LogP contribution in [0.4, 0.5) is 0 Å². The molecule has 0 heterocycles. The van der Waals surface area contributed by atoms with E-state index >= 15 is 0 Å². The van der Waals surface area contributed by atoms with Crippen molar-refractivity contribution in [3.63, 3.8) is 0 Å². The van der Waals surface area contributed by atoms with Gasteiger partial charge in [-0.25, -0.2) is 0 Å². The summed E-state index contributed by atoms with van der Waals surface area (Å²) in [5.41, 5.74) is 0. The maximum Gasteiger partial charge on any atom is 0.101 e. The number of hydrogen-bond donors (Lipinski definition) is 0. The van der Waals surface area contributed by atoms with Crippen molar-refractivity contribution in [2.45, 2.75) is 0 Å². The van der Waals surface area contributed by atoms with E-state index in [9.17, 15) is 4.21 Å². The summed E-state index contributed by atoms with van der Waals surface area (Å²) in [7, 11) is -1.42. The summed E-state index contributed by atoms with van der Waals surface area (Å²) in [6.45, 7) is 0. The van der Waals surface area contributed by atoms with Crippen molar-refractivity contribution >= 4 is 9.93 Å². The molecule has 0 aromatic heterocycles. The summed E-state index contributed by atoms with van der Waals surface area (Å²) in [6, 6.07) is 0. The first-order valence-electron chi connectivity index (χ1n) is 1.39. The van der Waals surface area contributed by atoms with Crippen molar-refractivity contribution in [3.8, 4) is 0 Å². The Morgan fingerprint density at radius 2 is 1.17 bits per heavy atom. The Morgan fingerprint density at radius 3 is 1.17 bits per heavy atom. The van der Waals surface area contributed by atoms with E-state index in [1.807, 2.05) is 0 Å². The Balaban J connectivity index is 0. The van der Waals surface area contributed by atoms with Crippen LogP contribution in [-0.4, -0.2) is 24.2 Å². The van der Waals surface area contributed by atoms with Gasteiger partial charge >= 0.3 is 0 Å². The van der Waals surface area contributed by atoms with E-state index in [0.29, 0.717) is 0 Å². The van der Waals surface area contributed by atoms with Crippen LogP contribution in [0.15, 0.2) is 0 Å². The van der Waals surface area contributed by atoms with Gasteiger partial charge < -0.3 is 5.48 Å². The summed E-state index contributed by atoms with van der Waals surface area (Å²) in [4.78, 5) is 0. The van der Waals surface area contributed by atoms with Gasteiger partial charge in [-0.2, -0.15) is 0 Å². The second-order valence-corrected chi connectivity index (χ2v) is 5.17. The van der Waals surface area contributed by atoms with Gasteiger partial charge in [-0.3, -0.25) is 0 Å². The van der Waals surface area contributed by atoms with Crippen LogP contribution < -0.4 is 0 Å². The van der Waals surface area contributed by atoms with Crippen LogP contribution in [0, 0.1) is 0 Å². The quantitative estimate of drug-likeness (QED) is 0.418. The van der Waals surface area contributed by atoms with E-state index < -0.39 is 9.93 Å². The molecule has 0 saturated carbocycles. The lowest BCUT2D eigenvalue weighted by Crippen LogP contribution is -1.97. The van der Waals surface area contributed by atoms with Gasteiger partial charge in [-0.15, -0.1) is 4.21 Å². The molecular weight excluding hydrogens is 100 g/mol. The fourth-order valence-corrected chi connectivity index (χ4v) is 0. The van der Waals surface area contributed by atoms with Crippen molar-refractivity contribution in [2.75, 3.05) is 18.8 Å². The molecule has 0 aliphatic carbocycles. The maximum absolute atomic E-state index is 10.2. The summed E-state index contributed by atoms with van der Waals surface area (Å²) >= 11 is 0.